The van der Waals surface area contributed by atoms with Gasteiger partial charge in [-0.25, -0.2) is 0 Å². The SMILES string of the molecule is CN(C(=O)c1cc(=O)c2ccccc2o1)C(CN)C1CC1. The minimum atomic E-state index is -0.291. The predicted molar refractivity (Wildman–Crippen MR) is 80.1 cm³/mol. The maximum absolute atomic E-state index is 12.5. The number of fused-ring (bicyclic) bond motifs is 1. The van der Waals surface area contributed by atoms with Gasteiger partial charge in [-0.15, -0.1) is 0 Å². The molecule has 1 unspecified atom stereocenters. The highest BCUT2D eigenvalue weighted by atomic mass is 16.3. The van der Waals surface area contributed by atoms with E-state index in [1.165, 1.54) is 6.07 Å². The number of amides is 1. The van der Waals surface area contributed by atoms with E-state index in [0.717, 1.165) is 12.8 Å². The first-order chi connectivity index (χ1) is 10.1. The third-order valence-electron chi connectivity index (χ3n) is 4.07. The molecule has 0 aliphatic heterocycles. The summed E-state index contributed by atoms with van der Waals surface area (Å²) < 4.78 is 5.59. The Morgan fingerprint density at radius 2 is 2.14 bits per heavy atom. The lowest BCUT2D eigenvalue weighted by molar-refractivity contribution is 0.0687. The molecule has 5 heteroatoms. The Bertz CT molecular complexity index is 734. The molecule has 1 heterocycles. The highest BCUT2D eigenvalue weighted by molar-refractivity contribution is 5.93. The van der Waals surface area contributed by atoms with Gasteiger partial charge in [0.25, 0.3) is 5.91 Å². The number of carbonyl (C=O) groups is 1. The average molecular weight is 286 g/mol. The molecule has 3 rings (SSSR count). The zero-order valence-corrected chi connectivity index (χ0v) is 11.9. The van der Waals surface area contributed by atoms with Crippen molar-refractivity contribution in [3.63, 3.8) is 0 Å². The molecule has 110 valence electrons. The van der Waals surface area contributed by atoms with Crippen LogP contribution in [0.15, 0.2) is 39.5 Å². The van der Waals surface area contributed by atoms with Gasteiger partial charge in [-0.1, -0.05) is 12.1 Å². The largest absolute Gasteiger partial charge is 0.451 e. The van der Waals surface area contributed by atoms with E-state index in [4.69, 9.17) is 10.2 Å². The van der Waals surface area contributed by atoms with Crippen LogP contribution in [0, 0.1) is 5.92 Å². The monoisotopic (exact) mass is 286 g/mol. The van der Waals surface area contributed by atoms with Crippen molar-refractivity contribution >= 4 is 16.9 Å². The maximum Gasteiger partial charge on any atom is 0.289 e. The Hall–Kier alpha value is -2.14. The van der Waals surface area contributed by atoms with Crippen molar-refractivity contribution in [2.45, 2.75) is 18.9 Å². The molecule has 1 aromatic carbocycles. The van der Waals surface area contributed by atoms with E-state index in [-0.39, 0.29) is 23.1 Å². The number of carbonyl (C=O) groups excluding carboxylic acids is 1. The van der Waals surface area contributed by atoms with Crippen LogP contribution in [-0.4, -0.2) is 30.4 Å². The van der Waals surface area contributed by atoms with Crippen LogP contribution in [-0.2, 0) is 0 Å². The molecule has 0 bridgehead atoms. The second kappa shape index (κ2) is 5.33. The van der Waals surface area contributed by atoms with Gasteiger partial charge in [-0.2, -0.15) is 0 Å². The lowest BCUT2D eigenvalue weighted by Gasteiger charge is -2.26. The molecule has 5 nitrogen and oxygen atoms in total. The van der Waals surface area contributed by atoms with Crippen molar-refractivity contribution in [2.24, 2.45) is 11.7 Å². The van der Waals surface area contributed by atoms with Gasteiger partial charge in [0.1, 0.15) is 5.58 Å². The summed E-state index contributed by atoms with van der Waals surface area (Å²) in [6.07, 6.45) is 2.20. The van der Waals surface area contributed by atoms with Gasteiger partial charge >= 0.3 is 0 Å². The van der Waals surface area contributed by atoms with E-state index >= 15 is 0 Å². The molecular weight excluding hydrogens is 268 g/mol. The van der Waals surface area contributed by atoms with Crippen molar-refractivity contribution in [3.8, 4) is 0 Å². The van der Waals surface area contributed by atoms with Crippen molar-refractivity contribution < 1.29 is 9.21 Å². The quantitative estimate of drug-likeness (QED) is 0.926. The number of nitrogens with zero attached hydrogens (tertiary/aromatic N) is 1. The summed E-state index contributed by atoms with van der Waals surface area (Å²) in [5.74, 6) is 0.247. The maximum atomic E-state index is 12.5. The summed E-state index contributed by atoms with van der Waals surface area (Å²) >= 11 is 0. The smallest absolute Gasteiger partial charge is 0.289 e. The average Bonchev–Trinajstić information content (AvgIpc) is 3.32. The lowest BCUT2D eigenvalue weighted by Crippen LogP contribution is -2.43. The van der Waals surface area contributed by atoms with E-state index in [2.05, 4.69) is 0 Å². The Balaban J connectivity index is 1.95. The first-order valence-electron chi connectivity index (χ1n) is 7.12. The molecule has 0 radical (unpaired) electrons. The highest BCUT2D eigenvalue weighted by Crippen LogP contribution is 2.34. The molecule has 2 aromatic rings. The van der Waals surface area contributed by atoms with E-state index in [9.17, 15) is 9.59 Å². The van der Waals surface area contributed by atoms with Crippen molar-refractivity contribution in [3.05, 3.63) is 46.3 Å². The van der Waals surface area contributed by atoms with Gasteiger partial charge in [0.15, 0.2) is 11.2 Å². The minimum Gasteiger partial charge on any atom is -0.451 e. The van der Waals surface area contributed by atoms with E-state index < -0.39 is 0 Å². The molecule has 0 spiro atoms. The first-order valence-corrected chi connectivity index (χ1v) is 7.12. The number of hydrogen-bond acceptors (Lipinski definition) is 4. The standard InChI is InChI=1S/C16H18N2O3/c1-18(12(9-17)10-6-7-10)16(20)15-8-13(19)11-4-2-3-5-14(11)21-15/h2-5,8,10,12H,6-7,9,17H2,1H3. The molecule has 1 aromatic heterocycles. The van der Waals surface area contributed by atoms with Crippen LogP contribution < -0.4 is 11.2 Å². The fourth-order valence-corrected chi connectivity index (χ4v) is 2.68. The Morgan fingerprint density at radius 1 is 1.43 bits per heavy atom. The number of nitrogens with two attached hydrogens (primary N) is 1. The summed E-state index contributed by atoms with van der Waals surface area (Å²) in [5.41, 5.74) is 5.99. The normalized spacial score (nSPS) is 15.9. The Labute approximate surface area is 122 Å². The number of hydrogen-bond donors (Lipinski definition) is 1. The fourth-order valence-electron chi connectivity index (χ4n) is 2.68. The molecule has 1 amide bonds. The number of likely N-dealkylation sites (N-methyl/N-ethyl adjacent to an activating group) is 1. The van der Waals surface area contributed by atoms with Gasteiger partial charge < -0.3 is 15.1 Å². The van der Waals surface area contributed by atoms with Crippen molar-refractivity contribution in [1.29, 1.82) is 0 Å². The van der Waals surface area contributed by atoms with Gasteiger partial charge in [-0.3, -0.25) is 9.59 Å². The number of rotatable bonds is 4. The minimum absolute atomic E-state index is 0.00859. The van der Waals surface area contributed by atoms with Crippen LogP contribution in [0.25, 0.3) is 11.0 Å². The third kappa shape index (κ3) is 2.56. The summed E-state index contributed by atoms with van der Waals surface area (Å²) in [4.78, 5) is 26.2. The van der Waals surface area contributed by atoms with Gasteiger partial charge in [0.05, 0.1) is 5.39 Å². The molecule has 21 heavy (non-hydrogen) atoms. The zero-order valence-electron chi connectivity index (χ0n) is 11.9. The summed E-state index contributed by atoms with van der Waals surface area (Å²) in [5, 5.41) is 0.481. The van der Waals surface area contributed by atoms with Crippen LogP contribution in [0.5, 0.6) is 0 Å². The predicted octanol–water partition coefficient (Wildman–Crippen LogP) is 1.60. The third-order valence-corrected chi connectivity index (χ3v) is 4.07. The van der Waals surface area contributed by atoms with Gasteiger partial charge in [0.2, 0.25) is 0 Å². The summed E-state index contributed by atoms with van der Waals surface area (Å²) in [6.45, 7) is 0.421. The molecule has 2 N–H and O–H groups in total. The van der Waals surface area contributed by atoms with Crippen LogP contribution in [0.2, 0.25) is 0 Å². The molecule has 1 saturated carbocycles. The number of benzene rings is 1. The number of para-hydroxylation sites is 1. The Morgan fingerprint density at radius 3 is 2.81 bits per heavy atom. The van der Waals surface area contributed by atoms with Gasteiger partial charge in [-0.05, 0) is 30.9 Å². The molecule has 1 aliphatic rings. The summed E-state index contributed by atoms with van der Waals surface area (Å²) in [7, 11) is 1.72. The van der Waals surface area contributed by atoms with Crippen LogP contribution in [0.3, 0.4) is 0 Å². The second-order valence-corrected chi connectivity index (χ2v) is 5.53. The molecule has 1 atom stereocenters. The van der Waals surface area contributed by atoms with Gasteiger partial charge in [0, 0.05) is 25.7 Å². The zero-order chi connectivity index (χ0) is 15.0. The van der Waals surface area contributed by atoms with E-state index in [1.807, 2.05) is 0 Å². The molecule has 0 saturated heterocycles. The van der Waals surface area contributed by atoms with E-state index in [0.29, 0.717) is 23.4 Å². The van der Waals surface area contributed by atoms with Crippen LogP contribution in [0.4, 0.5) is 0 Å². The Kier molecular flexibility index (Phi) is 3.51. The lowest BCUT2D eigenvalue weighted by atomic mass is 10.1. The molecular formula is C16H18N2O3. The fraction of sp³-hybridized carbons (Fsp3) is 0.375. The molecule has 1 fully saturated rings. The van der Waals surface area contributed by atoms with Crippen molar-refractivity contribution in [1.82, 2.24) is 4.90 Å². The first kappa shape index (κ1) is 13.8. The molecule has 1 aliphatic carbocycles. The second-order valence-electron chi connectivity index (χ2n) is 5.53. The van der Waals surface area contributed by atoms with Crippen LogP contribution in [0.1, 0.15) is 23.4 Å². The van der Waals surface area contributed by atoms with Crippen molar-refractivity contribution in [2.75, 3.05) is 13.6 Å². The topological polar surface area (TPSA) is 76.5 Å². The summed E-state index contributed by atoms with van der Waals surface area (Å²) in [6, 6.07) is 8.19. The highest BCUT2D eigenvalue weighted by Gasteiger charge is 2.35. The van der Waals surface area contributed by atoms with E-state index in [1.54, 1.807) is 36.2 Å². The van der Waals surface area contributed by atoms with Crippen LogP contribution >= 0.6 is 0 Å².